The van der Waals surface area contributed by atoms with Crippen LogP contribution in [0, 0.1) is 0 Å². The zero-order valence-electron chi connectivity index (χ0n) is 12.9. The number of alkyl halides is 1. The van der Waals surface area contributed by atoms with E-state index in [4.69, 9.17) is 9.53 Å². The van der Waals surface area contributed by atoms with Gasteiger partial charge in [-0.3, -0.25) is 4.79 Å². The average Bonchev–Trinajstić information content (AvgIpc) is 2.30. The lowest BCUT2D eigenvalue weighted by molar-refractivity contribution is -0.173. The highest BCUT2D eigenvalue weighted by Gasteiger charge is 2.57. The van der Waals surface area contributed by atoms with E-state index in [1.165, 1.54) is 0 Å². The van der Waals surface area contributed by atoms with Gasteiger partial charge in [0.15, 0.2) is 19.7 Å². The van der Waals surface area contributed by atoms with Crippen molar-refractivity contribution in [1.82, 2.24) is 0 Å². The third kappa shape index (κ3) is 3.39. The zero-order chi connectivity index (χ0) is 16.8. The second-order valence-corrected chi connectivity index (χ2v) is 12.7. The molecule has 0 bridgehead atoms. The molecule has 1 rings (SSSR count). The van der Waals surface area contributed by atoms with Gasteiger partial charge in [0, 0.05) is 6.42 Å². The molecule has 0 radical (unpaired) electrons. The van der Waals surface area contributed by atoms with Gasteiger partial charge in [0.1, 0.15) is 10.9 Å². The van der Waals surface area contributed by atoms with Crippen LogP contribution < -0.4 is 0 Å². The molecule has 8 heteroatoms. The zero-order valence-corrected chi connectivity index (χ0v) is 15.5. The Morgan fingerprint density at radius 3 is 2.29 bits per heavy atom. The van der Waals surface area contributed by atoms with Crippen LogP contribution in [0.15, 0.2) is 0 Å². The van der Waals surface area contributed by atoms with E-state index in [1.54, 1.807) is 0 Å². The second kappa shape index (κ2) is 5.73. The van der Waals surface area contributed by atoms with Crippen molar-refractivity contribution in [2.45, 2.75) is 68.0 Å². The topological polar surface area (TPSA) is 104 Å². The molecule has 0 aromatic heterocycles. The van der Waals surface area contributed by atoms with Gasteiger partial charge in [0.05, 0.1) is 6.10 Å². The minimum absolute atomic E-state index is 0.157. The Labute approximate surface area is 133 Å². The highest BCUT2D eigenvalue weighted by Crippen LogP contribution is 2.40. The molecule has 0 spiro atoms. The van der Waals surface area contributed by atoms with E-state index in [1.807, 2.05) is 33.9 Å². The molecule has 1 aliphatic carbocycles. The maximum atomic E-state index is 12.3. The summed E-state index contributed by atoms with van der Waals surface area (Å²) in [5, 5.41) is 29.1. The molecule has 1 saturated carbocycles. The van der Waals surface area contributed by atoms with Gasteiger partial charge in [-0.2, -0.15) is 0 Å². The van der Waals surface area contributed by atoms with Gasteiger partial charge < -0.3 is 19.7 Å². The van der Waals surface area contributed by atoms with Crippen LogP contribution >= 0.6 is 15.9 Å². The fraction of sp³-hybridized carbons (Fsp3) is 0.846. The van der Waals surface area contributed by atoms with Gasteiger partial charge >= 0.3 is 5.97 Å². The number of rotatable bonds is 3. The third-order valence-corrected chi connectivity index (χ3v) is 10.1. The monoisotopic (exact) mass is 382 g/mol. The van der Waals surface area contributed by atoms with Crippen LogP contribution in [0.4, 0.5) is 0 Å². The number of carboxylic acid groups (broad SMARTS) is 1. The Bertz CT molecular complexity index is 446. The molecule has 0 heterocycles. The lowest BCUT2D eigenvalue weighted by Gasteiger charge is -2.44. The molecule has 0 saturated heterocycles. The molecule has 0 aromatic rings. The van der Waals surface area contributed by atoms with E-state index in [9.17, 15) is 19.8 Å². The van der Waals surface area contributed by atoms with E-state index in [-0.39, 0.29) is 5.04 Å². The first-order valence-corrected chi connectivity index (χ1v) is 10.6. The molecule has 0 unspecified atom stereocenters. The Hall–Kier alpha value is -0.283. The summed E-state index contributed by atoms with van der Waals surface area (Å²) < 4.78 is 5.92. The van der Waals surface area contributed by atoms with E-state index < -0.39 is 49.1 Å². The molecule has 1 fully saturated rings. The number of carbonyl (C=O) groups is 2. The first kappa shape index (κ1) is 18.8. The molecule has 3 N–H and O–H groups in total. The van der Waals surface area contributed by atoms with Crippen molar-refractivity contribution in [3.63, 3.8) is 0 Å². The quantitative estimate of drug-likeness (QED) is 0.501. The number of halogens is 1. The smallest absolute Gasteiger partial charge is 0.337 e. The average molecular weight is 383 g/mol. The molecule has 21 heavy (non-hydrogen) atoms. The van der Waals surface area contributed by atoms with E-state index in [0.29, 0.717) is 0 Å². The number of aliphatic hydroxyl groups excluding tert-OH is 1. The molecule has 1 aliphatic rings. The van der Waals surface area contributed by atoms with Crippen molar-refractivity contribution in [2.24, 2.45) is 0 Å². The highest BCUT2D eigenvalue weighted by atomic mass is 79.9. The predicted molar refractivity (Wildman–Crippen MR) is 83.0 cm³/mol. The Morgan fingerprint density at radius 2 is 1.90 bits per heavy atom. The van der Waals surface area contributed by atoms with Crippen molar-refractivity contribution in [1.29, 1.82) is 0 Å². The summed E-state index contributed by atoms with van der Waals surface area (Å²) in [5.74, 6) is -2.17. The number of hydrogen-bond donors (Lipinski definition) is 3. The largest absolute Gasteiger partial charge is 0.479 e. The van der Waals surface area contributed by atoms with Gasteiger partial charge in [-0.1, -0.05) is 36.7 Å². The lowest BCUT2D eigenvalue weighted by atomic mass is 9.80. The van der Waals surface area contributed by atoms with Crippen molar-refractivity contribution in [3.05, 3.63) is 0 Å². The third-order valence-electron chi connectivity index (χ3n) is 4.42. The fourth-order valence-corrected chi connectivity index (χ4v) is 3.83. The minimum atomic E-state index is -2.32. The van der Waals surface area contributed by atoms with Crippen molar-refractivity contribution < 1.29 is 29.3 Å². The van der Waals surface area contributed by atoms with Crippen LogP contribution in [-0.4, -0.2) is 58.0 Å². The summed E-state index contributed by atoms with van der Waals surface area (Å²) in [5.41, 5.74) is -2.32. The molecule has 6 nitrogen and oxygen atoms in total. The van der Waals surface area contributed by atoms with Gasteiger partial charge in [0.25, 0.3) is 0 Å². The van der Waals surface area contributed by atoms with Crippen molar-refractivity contribution in [3.8, 4) is 0 Å². The van der Waals surface area contributed by atoms with E-state index in [2.05, 4.69) is 15.9 Å². The van der Waals surface area contributed by atoms with Crippen LogP contribution in [0.3, 0.4) is 0 Å². The van der Waals surface area contributed by atoms with Crippen LogP contribution in [-0.2, 0) is 14.0 Å². The van der Waals surface area contributed by atoms with Crippen LogP contribution in [0.25, 0.3) is 0 Å². The summed E-state index contributed by atoms with van der Waals surface area (Å²) in [6, 6.07) is 0. The summed E-state index contributed by atoms with van der Waals surface area (Å²) >= 11 is 2.95. The Morgan fingerprint density at radius 1 is 1.43 bits per heavy atom. The number of carboxylic acids is 1. The van der Waals surface area contributed by atoms with Crippen LogP contribution in [0.5, 0.6) is 0 Å². The number of aliphatic hydroxyl groups is 2. The first-order chi connectivity index (χ1) is 9.24. The number of Topliss-reactive ketones (excluding diaryl/α,β-unsaturated/α-hetero) is 1. The molecule has 0 aliphatic heterocycles. The molecule has 0 aromatic carbocycles. The summed E-state index contributed by atoms with van der Waals surface area (Å²) in [7, 11) is -2.31. The lowest BCUT2D eigenvalue weighted by Crippen LogP contribution is -2.64. The number of hydrogen-bond acceptors (Lipinski definition) is 5. The van der Waals surface area contributed by atoms with E-state index >= 15 is 0 Å². The van der Waals surface area contributed by atoms with Crippen molar-refractivity contribution >= 4 is 36.0 Å². The molecule has 4 atom stereocenters. The normalized spacial score (nSPS) is 34.9. The maximum absolute atomic E-state index is 12.3. The van der Waals surface area contributed by atoms with Gasteiger partial charge in [-0.15, -0.1) is 0 Å². The number of carbonyl (C=O) groups excluding carboxylic acids is 1. The number of aliphatic carboxylic acids is 1. The van der Waals surface area contributed by atoms with Gasteiger partial charge in [-0.25, -0.2) is 4.79 Å². The summed E-state index contributed by atoms with van der Waals surface area (Å²) in [6.45, 7) is 9.87. The molecule has 122 valence electrons. The van der Waals surface area contributed by atoms with Crippen molar-refractivity contribution in [2.75, 3.05) is 0 Å². The fourth-order valence-electron chi connectivity index (χ4n) is 1.93. The first-order valence-electron chi connectivity index (χ1n) is 6.73. The predicted octanol–water partition coefficient (Wildman–Crippen LogP) is 1.29. The maximum Gasteiger partial charge on any atom is 0.337 e. The van der Waals surface area contributed by atoms with Crippen LogP contribution in [0.1, 0.15) is 27.2 Å². The molecule has 0 amide bonds. The SMILES string of the molecule is CC(C)(C)[Si](C)(C)O[C@@H]1C(=O)[C@H](Br)[C@@](O)(C(=O)O)C[C@H]1O. The Kier molecular flexibility index (Phi) is 5.12. The summed E-state index contributed by atoms with van der Waals surface area (Å²) in [6.07, 6.45) is -2.92. The van der Waals surface area contributed by atoms with Crippen LogP contribution in [0.2, 0.25) is 18.1 Å². The molecular weight excluding hydrogens is 360 g/mol. The van der Waals surface area contributed by atoms with Gasteiger partial charge in [-0.05, 0) is 18.1 Å². The number of ketones is 1. The Balaban J connectivity index is 3.04. The highest BCUT2D eigenvalue weighted by molar-refractivity contribution is 9.10. The summed E-state index contributed by atoms with van der Waals surface area (Å²) in [4.78, 5) is 22.2. The minimum Gasteiger partial charge on any atom is -0.479 e. The van der Waals surface area contributed by atoms with Gasteiger partial charge in [0.2, 0.25) is 0 Å². The second-order valence-electron chi connectivity index (χ2n) is 7.06. The standard InChI is InChI=1S/C13H23BrO6Si/c1-12(2,3)21(4,5)20-9-7(15)6-13(19,11(17)18)10(14)8(9)16/h7,9-10,15,19H,6H2,1-5H3,(H,17,18)/t7-,9+,10+,13-/m1/s1. The molecular formula is C13H23BrO6Si. The van der Waals surface area contributed by atoms with E-state index in [0.717, 1.165) is 0 Å².